The molecule has 0 bridgehead atoms. The third kappa shape index (κ3) is 5.38. The molecule has 1 N–H and O–H groups in total. The largest absolute Gasteiger partial charge is 0.365 e. The van der Waals surface area contributed by atoms with Gasteiger partial charge in [-0.1, -0.05) is 42.8 Å². The quantitative estimate of drug-likeness (QED) is 0.743. The molecular weight excluding hydrogens is 410 g/mol. The summed E-state index contributed by atoms with van der Waals surface area (Å²) in [6.07, 6.45) is 2.27. The number of halogens is 1. The number of carbonyl (C=O) groups is 1. The maximum absolute atomic E-state index is 12.1. The number of sulfone groups is 1. The van der Waals surface area contributed by atoms with E-state index in [4.69, 9.17) is 16.3 Å². The molecule has 0 saturated carbocycles. The summed E-state index contributed by atoms with van der Waals surface area (Å²) < 4.78 is 29.9. The smallest absolute Gasteiger partial charge is 0.220 e. The van der Waals surface area contributed by atoms with Gasteiger partial charge in [0.15, 0.2) is 9.84 Å². The highest BCUT2D eigenvalue weighted by molar-refractivity contribution is 7.90. The van der Waals surface area contributed by atoms with E-state index in [0.717, 1.165) is 11.1 Å². The number of hydrogen-bond donors (Lipinski definition) is 1. The van der Waals surface area contributed by atoms with Crippen LogP contribution in [0, 0.1) is 0 Å². The summed E-state index contributed by atoms with van der Waals surface area (Å²) in [7, 11) is -3.26. The molecule has 3 atom stereocenters. The summed E-state index contributed by atoms with van der Waals surface area (Å²) in [6.45, 7) is 3.85. The first-order valence-corrected chi connectivity index (χ1v) is 11.9. The third-order valence-corrected chi connectivity index (χ3v) is 6.63. The van der Waals surface area contributed by atoms with Crippen molar-refractivity contribution < 1.29 is 17.9 Å². The van der Waals surface area contributed by atoms with Crippen molar-refractivity contribution >= 4 is 27.3 Å². The predicted octanol–water partition coefficient (Wildman–Crippen LogP) is 4.62. The van der Waals surface area contributed by atoms with Crippen LogP contribution < -0.4 is 5.32 Å². The maximum Gasteiger partial charge on any atom is 0.220 e. The van der Waals surface area contributed by atoms with Crippen LogP contribution in [0.2, 0.25) is 5.02 Å². The van der Waals surface area contributed by atoms with E-state index in [9.17, 15) is 13.2 Å². The first kappa shape index (κ1) is 21.8. The van der Waals surface area contributed by atoms with Crippen LogP contribution in [0.15, 0.2) is 53.4 Å². The second-order valence-electron chi connectivity index (χ2n) is 7.88. The highest BCUT2D eigenvalue weighted by Gasteiger charge is 2.40. The van der Waals surface area contributed by atoms with Crippen LogP contribution >= 0.6 is 11.6 Å². The zero-order valence-electron chi connectivity index (χ0n) is 16.8. The van der Waals surface area contributed by atoms with Gasteiger partial charge in [-0.25, -0.2) is 8.42 Å². The summed E-state index contributed by atoms with van der Waals surface area (Å²) in [4.78, 5) is 12.4. The Balaban J connectivity index is 1.94. The number of benzene rings is 2. The lowest BCUT2D eigenvalue weighted by atomic mass is 9.81. The highest BCUT2D eigenvalue weighted by Crippen LogP contribution is 2.44. The van der Waals surface area contributed by atoms with E-state index in [2.05, 4.69) is 5.32 Å². The van der Waals surface area contributed by atoms with Gasteiger partial charge in [0.2, 0.25) is 5.91 Å². The van der Waals surface area contributed by atoms with Gasteiger partial charge in [-0.15, -0.1) is 0 Å². The summed E-state index contributed by atoms with van der Waals surface area (Å²) >= 11 is 6.17. The number of amides is 1. The molecular formula is C22H26ClNO4S. The van der Waals surface area contributed by atoms with Crippen LogP contribution in [0.3, 0.4) is 0 Å². The molecule has 2 aromatic rings. The average Bonchev–Trinajstić information content (AvgIpc) is 2.66. The van der Waals surface area contributed by atoms with E-state index in [1.807, 2.05) is 38.1 Å². The predicted molar refractivity (Wildman–Crippen MR) is 114 cm³/mol. The Bertz CT molecular complexity index is 990. The van der Waals surface area contributed by atoms with Gasteiger partial charge in [-0.2, -0.15) is 0 Å². The molecule has 0 spiro atoms. The summed E-state index contributed by atoms with van der Waals surface area (Å²) in [5.74, 6) is -0.00887. The van der Waals surface area contributed by atoms with Crippen molar-refractivity contribution in [1.29, 1.82) is 0 Å². The standard InChI is InChI=1S/C22H26ClNO4S/c1-4-21(25)24-22(2)13-19(15-8-10-18(11-9-15)29(3,26)27)28-20(14-22)16-6-5-7-17(23)12-16/h5-12,19-20H,4,13-14H2,1-3H3,(H,24,25)/t19-,20+,22+/m1/s1. The fourth-order valence-corrected chi connectivity index (χ4v) is 4.58. The zero-order chi connectivity index (χ0) is 21.2. The second-order valence-corrected chi connectivity index (χ2v) is 10.3. The Morgan fingerprint density at radius 1 is 1.14 bits per heavy atom. The number of carbonyl (C=O) groups excluding carboxylic acids is 1. The number of nitrogens with one attached hydrogen (secondary N) is 1. The lowest BCUT2D eigenvalue weighted by Gasteiger charge is -2.43. The lowest BCUT2D eigenvalue weighted by molar-refractivity contribution is -0.128. The Kier molecular flexibility index (Phi) is 6.36. The molecule has 0 aliphatic carbocycles. The number of rotatable bonds is 5. The van der Waals surface area contributed by atoms with Crippen LogP contribution in [-0.2, 0) is 19.4 Å². The van der Waals surface area contributed by atoms with E-state index in [1.165, 1.54) is 6.26 Å². The molecule has 0 aromatic heterocycles. The fraction of sp³-hybridized carbons (Fsp3) is 0.409. The normalized spacial score (nSPS) is 24.8. The number of ether oxygens (including phenoxy) is 1. The summed E-state index contributed by atoms with van der Waals surface area (Å²) in [5.41, 5.74) is 1.37. The van der Waals surface area contributed by atoms with Crippen molar-refractivity contribution in [2.45, 2.75) is 55.8 Å². The average molecular weight is 436 g/mol. The van der Waals surface area contributed by atoms with E-state index >= 15 is 0 Å². The van der Waals surface area contributed by atoms with Crippen molar-refractivity contribution in [3.63, 3.8) is 0 Å². The molecule has 1 saturated heterocycles. The van der Waals surface area contributed by atoms with Gasteiger partial charge in [0, 0.05) is 36.1 Å². The monoisotopic (exact) mass is 435 g/mol. The van der Waals surface area contributed by atoms with Crippen molar-refractivity contribution in [3.05, 3.63) is 64.7 Å². The minimum absolute atomic E-state index is 0.00887. The van der Waals surface area contributed by atoms with Crippen LogP contribution in [0.1, 0.15) is 56.4 Å². The first-order valence-electron chi connectivity index (χ1n) is 9.61. The first-order chi connectivity index (χ1) is 13.6. The van der Waals surface area contributed by atoms with Crippen molar-refractivity contribution in [3.8, 4) is 0 Å². The molecule has 29 heavy (non-hydrogen) atoms. The lowest BCUT2D eigenvalue weighted by Crippen LogP contribution is -2.50. The molecule has 1 amide bonds. The SMILES string of the molecule is CCC(=O)N[C@]1(C)C[C@@H](c2cccc(Cl)c2)O[C@@H](c2ccc(S(C)(=O)=O)cc2)C1. The minimum Gasteiger partial charge on any atom is -0.365 e. The van der Waals surface area contributed by atoms with E-state index in [0.29, 0.717) is 24.3 Å². The van der Waals surface area contributed by atoms with Gasteiger partial charge in [-0.3, -0.25) is 4.79 Å². The van der Waals surface area contributed by atoms with Gasteiger partial charge in [0.05, 0.1) is 17.1 Å². The van der Waals surface area contributed by atoms with E-state index in [1.54, 1.807) is 24.3 Å². The molecule has 1 aliphatic rings. The third-order valence-electron chi connectivity index (χ3n) is 5.26. The molecule has 7 heteroatoms. The topological polar surface area (TPSA) is 72.5 Å². The van der Waals surface area contributed by atoms with Gasteiger partial charge in [0.1, 0.15) is 0 Å². The molecule has 5 nitrogen and oxygen atoms in total. The van der Waals surface area contributed by atoms with E-state index in [-0.39, 0.29) is 23.0 Å². The Hall–Kier alpha value is -1.89. The van der Waals surface area contributed by atoms with Gasteiger partial charge in [-0.05, 0) is 42.3 Å². The highest BCUT2D eigenvalue weighted by atomic mass is 35.5. The fourth-order valence-electron chi connectivity index (χ4n) is 3.75. The molecule has 156 valence electrons. The van der Waals surface area contributed by atoms with Gasteiger partial charge in [0.25, 0.3) is 0 Å². The van der Waals surface area contributed by atoms with Crippen molar-refractivity contribution in [2.75, 3.05) is 6.26 Å². The Morgan fingerprint density at radius 3 is 2.31 bits per heavy atom. The Morgan fingerprint density at radius 2 is 1.76 bits per heavy atom. The molecule has 0 radical (unpaired) electrons. The van der Waals surface area contributed by atoms with Crippen molar-refractivity contribution in [2.24, 2.45) is 0 Å². The molecule has 1 heterocycles. The second kappa shape index (κ2) is 8.46. The zero-order valence-corrected chi connectivity index (χ0v) is 18.4. The molecule has 1 fully saturated rings. The van der Waals surface area contributed by atoms with Crippen LogP contribution in [0.25, 0.3) is 0 Å². The van der Waals surface area contributed by atoms with Gasteiger partial charge >= 0.3 is 0 Å². The molecule has 1 aliphatic heterocycles. The van der Waals surface area contributed by atoms with Crippen molar-refractivity contribution in [1.82, 2.24) is 5.32 Å². The van der Waals surface area contributed by atoms with E-state index < -0.39 is 15.4 Å². The van der Waals surface area contributed by atoms with Crippen LogP contribution in [0.5, 0.6) is 0 Å². The van der Waals surface area contributed by atoms with Crippen LogP contribution in [-0.4, -0.2) is 26.1 Å². The Labute approximate surface area is 177 Å². The molecule has 3 rings (SSSR count). The number of hydrogen-bond acceptors (Lipinski definition) is 4. The summed E-state index contributed by atoms with van der Waals surface area (Å²) in [5, 5.41) is 3.78. The minimum atomic E-state index is -3.26. The molecule has 2 aromatic carbocycles. The molecule has 0 unspecified atom stereocenters. The maximum atomic E-state index is 12.1. The van der Waals surface area contributed by atoms with Gasteiger partial charge < -0.3 is 10.1 Å². The summed E-state index contributed by atoms with van der Waals surface area (Å²) in [6, 6.07) is 14.3. The van der Waals surface area contributed by atoms with Crippen LogP contribution in [0.4, 0.5) is 0 Å².